The van der Waals surface area contributed by atoms with Gasteiger partial charge in [-0.3, -0.25) is 4.79 Å². The van der Waals surface area contributed by atoms with E-state index in [2.05, 4.69) is 6.92 Å². The number of carbonyl (C=O) groups is 1. The van der Waals surface area contributed by atoms with Crippen molar-refractivity contribution in [3.8, 4) is 0 Å². The second-order valence-corrected chi connectivity index (χ2v) is 6.13. The number of benzene rings is 1. The van der Waals surface area contributed by atoms with Gasteiger partial charge in [0.05, 0.1) is 10.6 Å². The molecule has 0 spiro atoms. The minimum atomic E-state index is 0.0717. The second-order valence-electron chi connectivity index (χ2n) is 4.84. The molecule has 1 heterocycles. The number of nitrogens with zero attached hydrogens (tertiary/aromatic N) is 1. The lowest BCUT2D eigenvalue weighted by Gasteiger charge is -2.31. The molecular formula is C14H18ClNOS. The Labute approximate surface area is 118 Å². The lowest BCUT2D eigenvalue weighted by atomic mass is 9.99. The monoisotopic (exact) mass is 283 g/mol. The summed E-state index contributed by atoms with van der Waals surface area (Å²) >= 11 is 7.77. The summed E-state index contributed by atoms with van der Waals surface area (Å²) in [5, 5.41) is 0.552. The molecule has 4 heteroatoms. The highest BCUT2D eigenvalue weighted by Crippen LogP contribution is 2.26. The third-order valence-corrected chi connectivity index (χ3v) is 4.40. The van der Waals surface area contributed by atoms with Crippen LogP contribution in [0.25, 0.3) is 0 Å². The molecule has 0 radical (unpaired) electrons. The van der Waals surface area contributed by atoms with Gasteiger partial charge in [-0.2, -0.15) is 0 Å². The molecule has 2 rings (SSSR count). The first kappa shape index (κ1) is 13.8. The summed E-state index contributed by atoms with van der Waals surface area (Å²) in [6, 6.07) is 5.66. The van der Waals surface area contributed by atoms with Crippen molar-refractivity contribution in [2.24, 2.45) is 5.92 Å². The van der Waals surface area contributed by atoms with E-state index in [4.69, 9.17) is 11.6 Å². The molecule has 1 aromatic rings. The van der Waals surface area contributed by atoms with Crippen LogP contribution in [0.4, 0.5) is 0 Å². The highest BCUT2D eigenvalue weighted by atomic mass is 35.5. The van der Waals surface area contributed by atoms with E-state index in [-0.39, 0.29) is 5.91 Å². The maximum atomic E-state index is 12.5. The Bertz CT molecular complexity index is 449. The third-order valence-electron chi connectivity index (χ3n) is 3.35. The summed E-state index contributed by atoms with van der Waals surface area (Å²) in [6.07, 6.45) is 4.30. The van der Waals surface area contributed by atoms with E-state index >= 15 is 0 Å². The fourth-order valence-electron chi connectivity index (χ4n) is 2.34. The summed E-state index contributed by atoms with van der Waals surface area (Å²) in [5.74, 6) is 0.660. The summed E-state index contributed by atoms with van der Waals surface area (Å²) in [5.41, 5.74) is 0.637. The van der Waals surface area contributed by atoms with Gasteiger partial charge in [-0.05, 0) is 43.2 Å². The predicted molar refractivity (Wildman–Crippen MR) is 77.5 cm³/mol. The number of halogens is 1. The van der Waals surface area contributed by atoms with Crippen molar-refractivity contribution in [2.75, 3.05) is 19.3 Å². The number of hydrogen-bond donors (Lipinski definition) is 0. The van der Waals surface area contributed by atoms with Gasteiger partial charge in [-0.1, -0.05) is 18.5 Å². The number of rotatable bonds is 2. The van der Waals surface area contributed by atoms with Gasteiger partial charge < -0.3 is 4.90 Å². The van der Waals surface area contributed by atoms with Gasteiger partial charge in [0.25, 0.3) is 5.91 Å². The minimum absolute atomic E-state index is 0.0717. The quantitative estimate of drug-likeness (QED) is 0.767. The maximum absolute atomic E-state index is 12.5. The number of carbonyl (C=O) groups excluding carboxylic acids is 1. The molecule has 1 unspecified atom stereocenters. The largest absolute Gasteiger partial charge is 0.338 e. The molecule has 2 nitrogen and oxygen atoms in total. The van der Waals surface area contributed by atoms with E-state index in [0.29, 0.717) is 16.5 Å². The molecule has 0 bridgehead atoms. The van der Waals surface area contributed by atoms with Gasteiger partial charge >= 0.3 is 0 Å². The molecule has 0 saturated carbocycles. The molecular weight excluding hydrogens is 266 g/mol. The Hall–Kier alpha value is -0.670. The number of thioether (sulfide) groups is 1. The minimum Gasteiger partial charge on any atom is -0.338 e. The average Bonchev–Trinajstić information content (AvgIpc) is 2.38. The number of likely N-dealkylation sites (tertiary alicyclic amines) is 1. The maximum Gasteiger partial charge on any atom is 0.255 e. The van der Waals surface area contributed by atoms with E-state index < -0.39 is 0 Å². The summed E-state index contributed by atoms with van der Waals surface area (Å²) in [7, 11) is 0. The topological polar surface area (TPSA) is 20.3 Å². The first-order valence-corrected chi connectivity index (χ1v) is 7.85. The molecule has 1 amide bonds. The highest BCUT2D eigenvalue weighted by molar-refractivity contribution is 7.98. The zero-order chi connectivity index (χ0) is 13.1. The van der Waals surface area contributed by atoms with Gasteiger partial charge in [0.1, 0.15) is 0 Å². The molecule has 0 aliphatic carbocycles. The summed E-state index contributed by atoms with van der Waals surface area (Å²) in [6.45, 7) is 3.89. The Balaban J connectivity index is 2.22. The number of piperidine rings is 1. The predicted octanol–water partition coefficient (Wildman–Crippen LogP) is 3.93. The van der Waals surface area contributed by atoms with Crippen LogP contribution >= 0.6 is 23.4 Å². The SMILES string of the molecule is CSc1ccc(Cl)c(C(=O)N2CCCC(C)C2)c1. The molecule has 1 aromatic carbocycles. The Kier molecular flexibility index (Phi) is 4.57. The van der Waals surface area contributed by atoms with E-state index in [0.717, 1.165) is 24.4 Å². The lowest BCUT2D eigenvalue weighted by Crippen LogP contribution is -2.39. The van der Waals surface area contributed by atoms with Crippen molar-refractivity contribution in [2.45, 2.75) is 24.7 Å². The van der Waals surface area contributed by atoms with Crippen LogP contribution in [0.5, 0.6) is 0 Å². The molecule has 0 aromatic heterocycles. The Morgan fingerprint density at radius 3 is 2.94 bits per heavy atom. The standard InChI is InChI=1S/C14H18ClNOS/c1-10-4-3-7-16(9-10)14(17)12-8-11(18-2)5-6-13(12)15/h5-6,8,10H,3-4,7,9H2,1-2H3. The molecule has 98 valence electrons. The number of hydrogen-bond acceptors (Lipinski definition) is 2. The van der Waals surface area contributed by atoms with E-state index in [9.17, 15) is 4.79 Å². The summed E-state index contributed by atoms with van der Waals surface area (Å²) < 4.78 is 0. The molecule has 1 aliphatic heterocycles. The third kappa shape index (κ3) is 3.01. The van der Waals surface area contributed by atoms with Crippen LogP contribution in [0.2, 0.25) is 5.02 Å². The highest BCUT2D eigenvalue weighted by Gasteiger charge is 2.23. The van der Waals surface area contributed by atoms with Crippen molar-refractivity contribution >= 4 is 29.3 Å². The molecule has 18 heavy (non-hydrogen) atoms. The Morgan fingerprint density at radius 1 is 1.50 bits per heavy atom. The lowest BCUT2D eigenvalue weighted by molar-refractivity contribution is 0.0683. The van der Waals surface area contributed by atoms with Crippen LogP contribution in [0.1, 0.15) is 30.1 Å². The van der Waals surface area contributed by atoms with Gasteiger partial charge in [0, 0.05) is 18.0 Å². The van der Waals surface area contributed by atoms with Gasteiger partial charge in [-0.25, -0.2) is 0 Å². The first-order chi connectivity index (χ1) is 8.61. The van der Waals surface area contributed by atoms with Crippen molar-refractivity contribution in [1.82, 2.24) is 4.90 Å². The van der Waals surface area contributed by atoms with Crippen LogP contribution in [0, 0.1) is 5.92 Å². The molecule has 1 aliphatic rings. The van der Waals surface area contributed by atoms with Crippen LogP contribution in [-0.4, -0.2) is 30.2 Å². The van der Waals surface area contributed by atoms with Gasteiger partial charge in [0.2, 0.25) is 0 Å². The van der Waals surface area contributed by atoms with Gasteiger partial charge in [-0.15, -0.1) is 11.8 Å². The smallest absolute Gasteiger partial charge is 0.255 e. The molecule has 1 saturated heterocycles. The van der Waals surface area contributed by atoms with E-state index in [1.54, 1.807) is 11.8 Å². The Morgan fingerprint density at radius 2 is 2.28 bits per heavy atom. The number of amides is 1. The average molecular weight is 284 g/mol. The van der Waals surface area contributed by atoms with Crippen molar-refractivity contribution in [3.63, 3.8) is 0 Å². The molecule has 1 fully saturated rings. The van der Waals surface area contributed by atoms with Crippen molar-refractivity contribution in [1.29, 1.82) is 0 Å². The van der Waals surface area contributed by atoms with Crippen LogP contribution in [0.15, 0.2) is 23.1 Å². The first-order valence-electron chi connectivity index (χ1n) is 6.24. The zero-order valence-electron chi connectivity index (χ0n) is 10.8. The van der Waals surface area contributed by atoms with Crippen LogP contribution in [-0.2, 0) is 0 Å². The zero-order valence-corrected chi connectivity index (χ0v) is 12.4. The second kappa shape index (κ2) is 5.98. The fraction of sp³-hybridized carbons (Fsp3) is 0.500. The van der Waals surface area contributed by atoms with E-state index in [1.165, 1.54) is 6.42 Å². The van der Waals surface area contributed by atoms with Crippen LogP contribution in [0.3, 0.4) is 0 Å². The summed E-state index contributed by atoms with van der Waals surface area (Å²) in [4.78, 5) is 15.5. The van der Waals surface area contributed by atoms with Crippen molar-refractivity contribution < 1.29 is 4.79 Å². The normalized spacial score (nSPS) is 19.9. The van der Waals surface area contributed by atoms with E-state index in [1.807, 2.05) is 29.4 Å². The molecule has 1 atom stereocenters. The van der Waals surface area contributed by atoms with Crippen LogP contribution < -0.4 is 0 Å². The van der Waals surface area contributed by atoms with Gasteiger partial charge in [0.15, 0.2) is 0 Å². The molecule has 0 N–H and O–H groups in total. The van der Waals surface area contributed by atoms with Crippen molar-refractivity contribution in [3.05, 3.63) is 28.8 Å². The fourth-order valence-corrected chi connectivity index (χ4v) is 2.98.